The van der Waals surface area contributed by atoms with E-state index in [0.717, 1.165) is 16.7 Å². The van der Waals surface area contributed by atoms with E-state index in [-0.39, 0.29) is 49.5 Å². The van der Waals surface area contributed by atoms with Crippen LogP contribution in [-0.2, 0) is 24.1 Å². The van der Waals surface area contributed by atoms with E-state index in [1.165, 1.54) is 6.33 Å². The normalized spacial score (nSPS) is 18.2. The maximum absolute atomic E-state index is 13.2. The molecule has 3 heterocycles. The Morgan fingerprint density at radius 3 is 2.02 bits per heavy atom. The number of hydrogen-bond donors (Lipinski definition) is 1. The van der Waals surface area contributed by atoms with Gasteiger partial charge in [0.15, 0.2) is 17.0 Å². The number of carbonyl (C=O) groups is 1. The predicted octanol–water partition coefficient (Wildman–Crippen LogP) is 9.30. The molecule has 1 aliphatic heterocycles. The van der Waals surface area contributed by atoms with Crippen LogP contribution >= 0.6 is 8.53 Å². The van der Waals surface area contributed by atoms with Crippen molar-refractivity contribution in [3.63, 3.8) is 0 Å². The molecule has 0 radical (unpaired) electrons. The van der Waals surface area contributed by atoms with Crippen molar-refractivity contribution in [2.75, 3.05) is 39.3 Å². The quantitative estimate of drug-likeness (QED) is 0.0361. The molecule has 14 nitrogen and oxygen atoms in total. The Balaban J connectivity index is 1.31. The highest BCUT2D eigenvalue weighted by molar-refractivity contribution is 7.44. The van der Waals surface area contributed by atoms with Crippen LogP contribution in [0.25, 0.3) is 16.0 Å². The van der Waals surface area contributed by atoms with Gasteiger partial charge in [0.25, 0.3) is 14.4 Å². The summed E-state index contributed by atoms with van der Waals surface area (Å²) in [5.41, 5.74) is 2.89. The first-order chi connectivity index (χ1) is 30.6. The van der Waals surface area contributed by atoms with Crippen molar-refractivity contribution < 1.29 is 32.8 Å². The third kappa shape index (κ3) is 9.75. The Bertz CT molecular complexity index is 2390. The Morgan fingerprint density at radius 1 is 0.857 bits per heavy atom. The van der Waals surface area contributed by atoms with Gasteiger partial charge in [0.2, 0.25) is 6.54 Å². The number of imidazole rings is 1. The first kappa shape index (κ1) is 45.3. The number of amides is 1. The number of benzene rings is 4. The number of nitrogens with zero attached hydrogens (tertiary/aromatic N) is 6. The fraction of sp³-hybridized carbons (Fsp3) is 0.354. The van der Waals surface area contributed by atoms with Gasteiger partial charge in [0.1, 0.15) is 48.5 Å². The van der Waals surface area contributed by atoms with Crippen LogP contribution in [-0.4, -0.2) is 88.4 Å². The lowest BCUT2D eigenvalue weighted by molar-refractivity contribution is -0.0916. The molecule has 15 heteroatoms. The monoisotopic (exact) mass is 871 g/mol. The predicted molar refractivity (Wildman–Crippen MR) is 242 cm³/mol. The van der Waals surface area contributed by atoms with Gasteiger partial charge in [-0.25, -0.2) is 26.2 Å². The minimum Gasteiger partial charge on any atom is -0.497 e. The van der Waals surface area contributed by atoms with E-state index in [1.54, 1.807) is 44.8 Å². The maximum atomic E-state index is 13.2. The summed E-state index contributed by atoms with van der Waals surface area (Å²) in [5, 5.41) is 2.91. The highest BCUT2D eigenvalue weighted by Crippen LogP contribution is 2.52. The number of rotatable bonds is 19. The van der Waals surface area contributed by atoms with E-state index in [1.807, 2.05) is 77.4 Å². The Kier molecular flexibility index (Phi) is 14.8. The second-order valence-corrected chi connectivity index (χ2v) is 17.1. The summed E-state index contributed by atoms with van der Waals surface area (Å²) in [6.07, 6.45) is 1.19. The van der Waals surface area contributed by atoms with E-state index in [4.69, 9.17) is 39.6 Å². The van der Waals surface area contributed by atoms with Crippen LogP contribution in [0.15, 0.2) is 122 Å². The van der Waals surface area contributed by atoms with Crippen LogP contribution in [0.4, 0.5) is 5.82 Å². The first-order valence-electron chi connectivity index (χ1n) is 21.0. The Labute approximate surface area is 370 Å². The number of carbonyl (C=O) groups excluding carboxylic acids is 1. The van der Waals surface area contributed by atoms with Crippen LogP contribution in [0.1, 0.15) is 67.9 Å². The highest BCUT2D eigenvalue weighted by atomic mass is 31.2. The van der Waals surface area contributed by atoms with Crippen LogP contribution < -0.4 is 14.8 Å². The first-order valence-corrected chi connectivity index (χ1v) is 22.1. The molecule has 0 spiro atoms. The van der Waals surface area contributed by atoms with E-state index in [2.05, 4.69) is 71.6 Å². The molecule has 4 aromatic carbocycles. The number of nitrogens with one attached hydrogen (secondary N) is 1. The molecular weight excluding hydrogens is 818 g/mol. The van der Waals surface area contributed by atoms with Crippen molar-refractivity contribution in [1.82, 2.24) is 24.2 Å². The van der Waals surface area contributed by atoms with Gasteiger partial charge in [-0.3, -0.25) is 9.36 Å². The fourth-order valence-corrected chi connectivity index (χ4v) is 9.90. The number of ether oxygens (including phenoxy) is 4. The van der Waals surface area contributed by atoms with Crippen molar-refractivity contribution in [2.24, 2.45) is 5.92 Å². The summed E-state index contributed by atoms with van der Waals surface area (Å²) >= 11 is 0. The number of hydrogen-bond acceptors (Lipinski definition) is 11. The van der Waals surface area contributed by atoms with Gasteiger partial charge < -0.3 is 38.2 Å². The van der Waals surface area contributed by atoms with Crippen LogP contribution in [0.3, 0.4) is 0 Å². The average Bonchev–Trinajstić information content (AvgIpc) is 3.87. The molecule has 1 saturated heterocycles. The molecule has 1 fully saturated rings. The Morgan fingerprint density at radius 2 is 1.44 bits per heavy atom. The second kappa shape index (κ2) is 20.6. The van der Waals surface area contributed by atoms with Gasteiger partial charge in [-0.15, -0.1) is 0 Å². The zero-order valence-corrected chi connectivity index (χ0v) is 37.5. The smallest absolute Gasteiger partial charge is 0.259 e. The summed E-state index contributed by atoms with van der Waals surface area (Å²) in [6, 6.07) is 35.0. The molecule has 1 unspecified atom stereocenters. The molecule has 0 aliphatic carbocycles. The SMILES string of the molecule is [C-]#[N+]CCOP(O[C@@H]1[C@H](C)[C@@H](n2cnc3c(NC(=O)c4ccccc4)ncnc32)O[C@H]1COC(c1ccccc1)(c1ccc(OC)cc1)c1ccc(OC)cc1)N(C(C)C)C(C)C. The fourth-order valence-electron chi connectivity index (χ4n) is 8.07. The van der Waals surface area contributed by atoms with Gasteiger partial charge in [-0.05, 0) is 80.8 Å². The lowest BCUT2D eigenvalue weighted by atomic mass is 9.80. The van der Waals surface area contributed by atoms with Crippen molar-refractivity contribution in [1.29, 1.82) is 0 Å². The minimum absolute atomic E-state index is 0.0712. The molecule has 6 aromatic rings. The summed E-state index contributed by atoms with van der Waals surface area (Å²) in [4.78, 5) is 30.5. The summed E-state index contributed by atoms with van der Waals surface area (Å²) in [6.45, 7) is 18.5. The molecule has 5 atom stereocenters. The molecule has 63 heavy (non-hydrogen) atoms. The average molecular weight is 872 g/mol. The van der Waals surface area contributed by atoms with Crippen LogP contribution in [0, 0.1) is 12.5 Å². The summed E-state index contributed by atoms with van der Waals surface area (Å²) < 4.78 is 43.4. The van der Waals surface area contributed by atoms with Crippen molar-refractivity contribution in [3.8, 4) is 11.5 Å². The minimum atomic E-state index is -1.68. The molecular formula is C48H54N7O7P. The molecule has 2 aromatic heterocycles. The van der Waals surface area contributed by atoms with Gasteiger partial charge in [-0.1, -0.05) is 79.7 Å². The number of fused-ring (bicyclic) bond motifs is 1. The number of anilines is 1. The van der Waals surface area contributed by atoms with Crippen molar-refractivity contribution in [2.45, 2.75) is 70.7 Å². The lowest BCUT2D eigenvalue weighted by Crippen LogP contribution is -2.40. The van der Waals surface area contributed by atoms with E-state index in [9.17, 15) is 4.79 Å². The lowest BCUT2D eigenvalue weighted by Gasteiger charge is -2.39. The topological polar surface area (TPSA) is 136 Å². The van der Waals surface area contributed by atoms with E-state index in [0.29, 0.717) is 28.2 Å². The largest absolute Gasteiger partial charge is 0.497 e. The van der Waals surface area contributed by atoms with Crippen LogP contribution in [0.2, 0.25) is 0 Å². The molecule has 7 rings (SSSR count). The van der Waals surface area contributed by atoms with E-state index < -0.39 is 32.6 Å². The zero-order chi connectivity index (χ0) is 44.5. The van der Waals surface area contributed by atoms with Crippen molar-refractivity contribution >= 4 is 31.4 Å². The second-order valence-electron chi connectivity index (χ2n) is 15.7. The number of methoxy groups -OCH3 is 2. The highest BCUT2D eigenvalue weighted by Gasteiger charge is 2.49. The summed E-state index contributed by atoms with van der Waals surface area (Å²) in [5.74, 6) is 1.08. The number of aromatic nitrogens is 4. The zero-order valence-electron chi connectivity index (χ0n) is 36.6. The molecule has 1 N–H and O–H groups in total. The Hall–Kier alpha value is -5.78. The third-order valence-corrected chi connectivity index (χ3v) is 13.2. The molecule has 328 valence electrons. The molecule has 0 bridgehead atoms. The van der Waals surface area contributed by atoms with Gasteiger partial charge >= 0.3 is 0 Å². The van der Waals surface area contributed by atoms with E-state index >= 15 is 0 Å². The molecule has 1 aliphatic rings. The summed E-state index contributed by atoms with van der Waals surface area (Å²) in [7, 11) is 1.61. The molecule has 1 amide bonds. The van der Waals surface area contributed by atoms with Crippen molar-refractivity contribution in [3.05, 3.63) is 156 Å². The van der Waals surface area contributed by atoms with Crippen LogP contribution in [0.5, 0.6) is 11.5 Å². The maximum Gasteiger partial charge on any atom is 0.259 e. The molecule has 0 saturated carbocycles. The van der Waals surface area contributed by atoms with Gasteiger partial charge in [0.05, 0.1) is 27.2 Å². The standard InChI is InChI=1S/C48H54N7O7P/c1-32(2)55(33(3)4)63(60-28-27-49-6)62-43-34(5)47(54-31-52-42-44(50-30-51-45(42)54)53-46(56)35-15-11-9-12-16-35)61-41(43)29-59-48(36-17-13-10-14-18-36,37-19-23-39(57-7)24-20-37)38-21-25-40(58-8)26-22-38/h9-26,30-34,41,43,47H,27-29H2,1-5,7-8H3,(H,50,51,53,56)/t34-,41-,43+,47-,63?/m0/s1. The van der Waals surface area contributed by atoms with Gasteiger partial charge in [-0.2, -0.15) is 0 Å². The van der Waals surface area contributed by atoms with Gasteiger partial charge in [0, 0.05) is 23.6 Å². The third-order valence-electron chi connectivity index (χ3n) is 11.1.